The van der Waals surface area contributed by atoms with E-state index in [4.69, 9.17) is 11.6 Å². The first kappa shape index (κ1) is 15.2. The van der Waals surface area contributed by atoms with Gasteiger partial charge in [0.25, 0.3) is 5.91 Å². The molecular formula is C13H16N2O3S. The molecule has 0 saturated heterocycles. The van der Waals surface area contributed by atoms with Gasteiger partial charge in [-0.2, -0.15) is 0 Å². The fourth-order valence-corrected chi connectivity index (χ4v) is 2.18. The van der Waals surface area contributed by atoms with Crippen molar-refractivity contribution in [3.05, 3.63) is 29.8 Å². The third kappa shape index (κ3) is 4.09. The lowest BCUT2D eigenvalue weighted by Gasteiger charge is -2.19. The van der Waals surface area contributed by atoms with E-state index in [9.17, 15) is 13.2 Å². The number of sulfonamides is 1. The number of hydrogen-bond acceptors (Lipinski definition) is 3. The van der Waals surface area contributed by atoms with E-state index in [2.05, 4.69) is 5.92 Å². The molecule has 0 heterocycles. The SMILES string of the molecule is C#CCN(CCC)C(=O)c1cccc(S(N)(=O)=O)c1. The van der Waals surface area contributed by atoms with Crippen molar-refractivity contribution in [1.82, 2.24) is 4.90 Å². The van der Waals surface area contributed by atoms with Crippen LogP contribution < -0.4 is 5.14 Å². The highest BCUT2D eigenvalue weighted by Crippen LogP contribution is 2.12. The van der Waals surface area contributed by atoms with Crippen LogP contribution >= 0.6 is 0 Å². The molecule has 0 atom stereocenters. The normalized spacial score (nSPS) is 10.8. The van der Waals surface area contributed by atoms with Crippen LogP contribution in [0.25, 0.3) is 0 Å². The van der Waals surface area contributed by atoms with Crippen LogP contribution in [0.3, 0.4) is 0 Å². The molecule has 5 nitrogen and oxygen atoms in total. The predicted octanol–water partition coefficient (Wildman–Crippen LogP) is 0.819. The van der Waals surface area contributed by atoms with Gasteiger partial charge in [0.1, 0.15) is 0 Å². The Hall–Kier alpha value is -1.84. The molecule has 1 rings (SSSR count). The van der Waals surface area contributed by atoms with E-state index in [0.29, 0.717) is 6.54 Å². The molecule has 2 N–H and O–H groups in total. The maximum absolute atomic E-state index is 12.2. The molecule has 1 aromatic rings. The first-order valence-electron chi connectivity index (χ1n) is 5.75. The smallest absolute Gasteiger partial charge is 0.254 e. The Balaban J connectivity index is 3.09. The first-order chi connectivity index (χ1) is 8.90. The summed E-state index contributed by atoms with van der Waals surface area (Å²) in [5, 5.41) is 5.03. The van der Waals surface area contributed by atoms with Gasteiger partial charge < -0.3 is 4.90 Å². The fraction of sp³-hybridized carbons (Fsp3) is 0.308. The Morgan fingerprint density at radius 3 is 2.68 bits per heavy atom. The molecule has 0 aliphatic carbocycles. The van der Waals surface area contributed by atoms with Gasteiger partial charge in [0, 0.05) is 12.1 Å². The van der Waals surface area contributed by atoms with Crippen molar-refractivity contribution < 1.29 is 13.2 Å². The monoisotopic (exact) mass is 280 g/mol. The summed E-state index contributed by atoms with van der Waals surface area (Å²) in [6.07, 6.45) is 5.98. The average molecular weight is 280 g/mol. The lowest BCUT2D eigenvalue weighted by molar-refractivity contribution is 0.0776. The molecule has 0 bridgehead atoms. The van der Waals surface area contributed by atoms with Crippen molar-refractivity contribution in [1.29, 1.82) is 0 Å². The molecule has 0 spiro atoms. The van der Waals surface area contributed by atoms with Gasteiger partial charge in [0.05, 0.1) is 11.4 Å². The lowest BCUT2D eigenvalue weighted by Crippen LogP contribution is -2.32. The van der Waals surface area contributed by atoms with Crippen LogP contribution in [0, 0.1) is 12.3 Å². The minimum Gasteiger partial charge on any atom is -0.328 e. The average Bonchev–Trinajstić information content (AvgIpc) is 2.37. The molecule has 1 amide bonds. The minimum atomic E-state index is -3.82. The van der Waals surface area contributed by atoms with E-state index in [1.165, 1.54) is 29.2 Å². The molecule has 0 fully saturated rings. The summed E-state index contributed by atoms with van der Waals surface area (Å²) >= 11 is 0. The molecule has 6 heteroatoms. The number of terminal acetylenes is 1. The van der Waals surface area contributed by atoms with Gasteiger partial charge in [0.15, 0.2) is 0 Å². The van der Waals surface area contributed by atoms with Crippen molar-refractivity contribution in [2.24, 2.45) is 5.14 Å². The molecule has 102 valence electrons. The Morgan fingerprint density at radius 2 is 2.16 bits per heavy atom. The number of nitrogens with zero attached hydrogens (tertiary/aromatic N) is 1. The van der Waals surface area contributed by atoms with Crippen LogP contribution in [-0.4, -0.2) is 32.3 Å². The van der Waals surface area contributed by atoms with Crippen LogP contribution in [0.4, 0.5) is 0 Å². The Morgan fingerprint density at radius 1 is 1.47 bits per heavy atom. The summed E-state index contributed by atoms with van der Waals surface area (Å²) in [6.45, 7) is 2.63. The Bertz CT molecular complexity index is 603. The third-order valence-corrected chi connectivity index (χ3v) is 3.38. The Labute approximate surface area is 113 Å². The highest BCUT2D eigenvalue weighted by atomic mass is 32.2. The van der Waals surface area contributed by atoms with Crippen molar-refractivity contribution in [3.8, 4) is 12.3 Å². The van der Waals surface area contributed by atoms with Crippen LogP contribution in [0.5, 0.6) is 0 Å². The number of nitrogens with two attached hydrogens (primary N) is 1. The largest absolute Gasteiger partial charge is 0.328 e. The first-order valence-corrected chi connectivity index (χ1v) is 7.30. The number of primary sulfonamides is 1. The highest BCUT2D eigenvalue weighted by molar-refractivity contribution is 7.89. The number of benzene rings is 1. The number of rotatable bonds is 5. The van der Waals surface area contributed by atoms with Gasteiger partial charge in [0.2, 0.25) is 10.0 Å². The summed E-state index contributed by atoms with van der Waals surface area (Å²) in [6, 6.07) is 5.62. The molecule has 0 aromatic heterocycles. The van der Waals surface area contributed by atoms with E-state index >= 15 is 0 Å². The maximum Gasteiger partial charge on any atom is 0.254 e. The van der Waals surface area contributed by atoms with E-state index in [1.54, 1.807) is 0 Å². The fourth-order valence-electron chi connectivity index (χ4n) is 1.62. The zero-order valence-corrected chi connectivity index (χ0v) is 11.5. The zero-order valence-electron chi connectivity index (χ0n) is 10.7. The molecule has 0 aliphatic heterocycles. The molecule has 0 saturated carbocycles. The lowest BCUT2D eigenvalue weighted by atomic mass is 10.2. The topological polar surface area (TPSA) is 80.5 Å². The second-order valence-electron chi connectivity index (χ2n) is 4.00. The zero-order chi connectivity index (χ0) is 14.5. The van der Waals surface area contributed by atoms with Gasteiger partial charge in [-0.3, -0.25) is 4.79 Å². The minimum absolute atomic E-state index is 0.0875. The van der Waals surface area contributed by atoms with Gasteiger partial charge in [-0.1, -0.05) is 18.9 Å². The van der Waals surface area contributed by atoms with E-state index < -0.39 is 10.0 Å². The third-order valence-electron chi connectivity index (χ3n) is 2.47. The predicted molar refractivity (Wildman–Crippen MR) is 72.8 cm³/mol. The molecule has 0 aliphatic rings. The standard InChI is InChI=1S/C13H16N2O3S/c1-3-8-15(9-4-2)13(16)11-6-5-7-12(10-11)19(14,17)18/h1,5-7,10H,4,8-9H2,2H3,(H2,14,17,18). The van der Waals surface area contributed by atoms with Crippen LogP contribution in [0.2, 0.25) is 0 Å². The Kier molecular flexibility index (Phi) is 5.10. The quantitative estimate of drug-likeness (QED) is 0.811. The second kappa shape index (κ2) is 6.36. The summed E-state index contributed by atoms with van der Waals surface area (Å²) in [5.74, 6) is 2.11. The molecule has 19 heavy (non-hydrogen) atoms. The number of carbonyl (C=O) groups excluding carboxylic acids is 1. The van der Waals surface area contributed by atoms with Gasteiger partial charge in [-0.15, -0.1) is 6.42 Å². The maximum atomic E-state index is 12.2. The van der Waals surface area contributed by atoms with Crippen LogP contribution in [0.1, 0.15) is 23.7 Å². The molecule has 0 unspecified atom stereocenters. The van der Waals surface area contributed by atoms with Crippen LogP contribution in [0.15, 0.2) is 29.2 Å². The van der Waals surface area contributed by atoms with Crippen molar-refractivity contribution in [2.75, 3.05) is 13.1 Å². The van der Waals surface area contributed by atoms with Crippen molar-refractivity contribution >= 4 is 15.9 Å². The second-order valence-corrected chi connectivity index (χ2v) is 5.57. The summed E-state index contributed by atoms with van der Waals surface area (Å²) < 4.78 is 22.5. The van der Waals surface area contributed by atoms with Crippen LogP contribution in [-0.2, 0) is 10.0 Å². The van der Waals surface area contributed by atoms with E-state index in [1.807, 2.05) is 6.92 Å². The number of amides is 1. The number of hydrogen-bond donors (Lipinski definition) is 1. The van der Waals surface area contributed by atoms with Crippen molar-refractivity contribution in [3.63, 3.8) is 0 Å². The number of carbonyl (C=O) groups is 1. The van der Waals surface area contributed by atoms with Gasteiger partial charge in [-0.25, -0.2) is 13.6 Å². The summed E-state index contributed by atoms with van der Waals surface area (Å²) in [5.41, 5.74) is 0.259. The van der Waals surface area contributed by atoms with E-state index in [0.717, 1.165) is 6.42 Å². The van der Waals surface area contributed by atoms with Gasteiger partial charge >= 0.3 is 0 Å². The summed E-state index contributed by atoms with van der Waals surface area (Å²) in [7, 11) is -3.82. The van der Waals surface area contributed by atoms with Crippen molar-refractivity contribution in [2.45, 2.75) is 18.2 Å². The highest BCUT2D eigenvalue weighted by Gasteiger charge is 2.16. The molecule has 1 aromatic carbocycles. The van der Waals surface area contributed by atoms with Gasteiger partial charge in [-0.05, 0) is 24.6 Å². The molecular weight excluding hydrogens is 264 g/mol. The summed E-state index contributed by atoms with van der Waals surface area (Å²) in [4.78, 5) is 13.6. The molecule has 0 radical (unpaired) electrons. The van der Waals surface area contributed by atoms with E-state index in [-0.39, 0.29) is 22.9 Å².